The van der Waals surface area contributed by atoms with Crippen molar-refractivity contribution in [3.63, 3.8) is 0 Å². The van der Waals surface area contributed by atoms with E-state index in [1.165, 1.54) is 6.42 Å². The fourth-order valence-electron chi connectivity index (χ4n) is 2.00. The number of hydrogen-bond donors (Lipinski definition) is 2. The summed E-state index contributed by atoms with van der Waals surface area (Å²) >= 11 is 0. The van der Waals surface area contributed by atoms with Gasteiger partial charge in [-0.25, -0.2) is 0 Å². The Hall–Kier alpha value is -0.120. The fraction of sp³-hybridized carbons (Fsp3) is 1.00. The minimum Gasteiger partial charge on any atom is -0.387 e. The van der Waals surface area contributed by atoms with Crippen molar-refractivity contribution in [3.8, 4) is 0 Å². The number of rotatable bonds is 4. The van der Waals surface area contributed by atoms with Crippen molar-refractivity contribution < 1.29 is 9.84 Å². The average Bonchev–Trinajstić information content (AvgIpc) is 1.84. The van der Waals surface area contributed by atoms with Gasteiger partial charge in [0.2, 0.25) is 0 Å². The molecule has 0 radical (unpaired) electrons. The number of aliphatic hydroxyl groups is 1. The van der Waals surface area contributed by atoms with Gasteiger partial charge in [-0.2, -0.15) is 0 Å². The second-order valence-electron chi connectivity index (χ2n) is 4.04. The predicted molar refractivity (Wildman–Crippen MR) is 47.8 cm³/mol. The molecule has 72 valence electrons. The molecule has 12 heavy (non-hydrogen) atoms. The number of methoxy groups -OCH3 is 1. The Bertz CT molecular complexity index is 147. The van der Waals surface area contributed by atoms with Crippen molar-refractivity contribution in [1.82, 2.24) is 0 Å². The highest BCUT2D eigenvalue weighted by Crippen LogP contribution is 2.48. The smallest absolute Gasteiger partial charge is 0.0919 e. The van der Waals surface area contributed by atoms with E-state index in [1.54, 1.807) is 7.11 Å². The zero-order valence-corrected chi connectivity index (χ0v) is 7.97. The lowest BCUT2D eigenvalue weighted by Gasteiger charge is -2.50. The van der Waals surface area contributed by atoms with E-state index in [1.807, 2.05) is 6.92 Å². The molecule has 1 aliphatic rings. The van der Waals surface area contributed by atoms with Crippen molar-refractivity contribution in [2.24, 2.45) is 11.1 Å². The normalized spacial score (nSPS) is 26.0. The summed E-state index contributed by atoms with van der Waals surface area (Å²) in [6.07, 6.45) is 3.23. The Balaban J connectivity index is 2.63. The first-order chi connectivity index (χ1) is 5.58. The molecule has 3 N–H and O–H groups in total. The van der Waals surface area contributed by atoms with E-state index in [-0.39, 0.29) is 5.41 Å². The Kier molecular flexibility index (Phi) is 2.76. The Labute approximate surface area is 73.9 Å². The summed E-state index contributed by atoms with van der Waals surface area (Å²) < 4.78 is 4.98. The van der Waals surface area contributed by atoms with Crippen molar-refractivity contribution in [2.75, 3.05) is 20.3 Å². The average molecular weight is 173 g/mol. The summed E-state index contributed by atoms with van der Waals surface area (Å²) in [5.74, 6) is 0. The third-order valence-corrected chi connectivity index (χ3v) is 3.27. The maximum Gasteiger partial charge on any atom is 0.0919 e. The molecule has 0 aromatic heterocycles. The second-order valence-corrected chi connectivity index (χ2v) is 4.04. The first kappa shape index (κ1) is 9.96. The lowest BCUT2D eigenvalue weighted by molar-refractivity contribution is -0.142. The van der Waals surface area contributed by atoms with Crippen LogP contribution in [-0.2, 0) is 4.74 Å². The van der Waals surface area contributed by atoms with E-state index < -0.39 is 5.60 Å². The molecule has 0 aliphatic heterocycles. The molecular formula is C9H19NO2. The van der Waals surface area contributed by atoms with Gasteiger partial charge in [-0.05, 0) is 19.8 Å². The van der Waals surface area contributed by atoms with Crippen LogP contribution in [0.3, 0.4) is 0 Å². The number of nitrogens with two attached hydrogens (primary N) is 1. The number of ether oxygens (including phenoxy) is 1. The summed E-state index contributed by atoms with van der Waals surface area (Å²) in [7, 11) is 1.61. The molecule has 3 nitrogen and oxygen atoms in total. The van der Waals surface area contributed by atoms with Crippen molar-refractivity contribution in [3.05, 3.63) is 0 Å². The summed E-state index contributed by atoms with van der Waals surface area (Å²) in [6.45, 7) is 2.76. The summed E-state index contributed by atoms with van der Waals surface area (Å²) in [5.41, 5.74) is 4.83. The van der Waals surface area contributed by atoms with Gasteiger partial charge < -0.3 is 15.6 Å². The van der Waals surface area contributed by atoms with Crippen LogP contribution < -0.4 is 5.73 Å². The Morgan fingerprint density at radius 2 is 2.17 bits per heavy atom. The molecule has 1 rings (SSSR count). The number of hydrogen-bond acceptors (Lipinski definition) is 3. The predicted octanol–water partition coefficient (Wildman–Crippen LogP) is 0.513. The van der Waals surface area contributed by atoms with Gasteiger partial charge in [-0.3, -0.25) is 0 Å². The lowest BCUT2D eigenvalue weighted by Crippen LogP contribution is -2.57. The van der Waals surface area contributed by atoms with E-state index in [9.17, 15) is 5.11 Å². The monoisotopic (exact) mass is 173 g/mol. The molecule has 3 heteroatoms. The molecule has 0 amide bonds. The second kappa shape index (κ2) is 3.32. The molecule has 0 spiro atoms. The highest BCUT2D eigenvalue weighted by molar-refractivity contribution is 5.02. The fourth-order valence-corrected chi connectivity index (χ4v) is 2.00. The van der Waals surface area contributed by atoms with E-state index in [0.29, 0.717) is 13.2 Å². The topological polar surface area (TPSA) is 55.5 Å². The highest BCUT2D eigenvalue weighted by atomic mass is 16.5. The molecule has 0 saturated heterocycles. The minimum atomic E-state index is -0.755. The summed E-state index contributed by atoms with van der Waals surface area (Å²) in [5, 5.41) is 10.1. The van der Waals surface area contributed by atoms with E-state index in [2.05, 4.69) is 0 Å². The van der Waals surface area contributed by atoms with Crippen molar-refractivity contribution in [1.29, 1.82) is 0 Å². The van der Waals surface area contributed by atoms with Crippen LogP contribution in [0.4, 0.5) is 0 Å². The van der Waals surface area contributed by atoms with Gasteiger partial charge in [0.05, 0.1) is 12.2 Å². The van der Waals surface area contributed by atoms with Crippen LogP contribution in [0.5, 0.6) is 0 Å². The van der Waals surface area contributed by atoms with Crippen LogP contribution in [0.25, 0.3) is 0 Å². The maximum absolute atomic E-state index is 10.1. The first-order valence-electron chi connectivity index (χ1n) is 4.49. The van der Waals surface area contributed by atoms with E-state index in [0.717, 1.165) is 12.8 Å². The van der Waals surface area contributed by atoms with Gasteiger partial charge in [0.15, 0.2) is 0 Å². The van der Waals surface area contributed by atoms with Gasteiger partial charge in [0, 0.05) is 19.1 Å². The standard InChI is InChI=1S/C9H19NO2/c1-8(11,7-12-2)9(6-10)4-3-5-9/h11H,3-7,10H2,1-2H3. The van der Waals surface area contributed by atoms with Gasteiger partial charge in [-0.15, -0.1) is 0 Å². The van der Waals surface area contributed by atoms with Gasteiger partial charge in [0.1, 0.15) is 0 Å². The third kappa shape index (κ3) is 1.37. The van der Waals surface area contributed by atoms with E-state index >= 15 is 0 Å². The van der Waals surface area contributed by atoms with Gasteiger partial charge >= 0.3 is 0 Å². The Morgan fingerprint density at radius 3 is 2.42 bits per heavy atom. The maximum atomic E-state index is 10.1. The SMILES string of the molecule is COCC(C)(O)C1(CN)CCC1. The molecule has 0 heterocycles. The minimum absolute atomic E-state index is 0.0803. The van der Waals surface area contributed by atoms with Crippen LogP contribution in [0.2, 0.25) is 0 Å². The molecule has 0 aromatic carbocycles. The van der Waals surface area contributed by atoms with Crippen LogP contribution in [0.1, 0.15) is 26.2 Å². The molecule has 1 atom stereocenters. The molecule has 1 aliphatic carbocycles. The third-order valence-electron chi connectivity index (χ3n) is 3.27. The van der Waals surface area contributed by atoms with Gasteiger partial charge in [0.25, 0.3) is 0 Å². The quantitative estimate of drug-likeness (QED) is 0.651. The van der Waals surface area contributed by atoms with E-state index in [4.69, 9.17) is 10.5 Å². The molecule has 1 unspecified atom stereocenters. The van der Waals surface area contributed by atoms with Gasteiger partial charge in [-0.1, -0.05) is 6.42 Å². The highest BCUT2D eigenvalue weighted by Gasteiger charge is 2.50. The van der Waals surface area contributed by atoms with Crippen LogP contribution in [-0.4, -0.2) is 31.0 Å². The lowest BCUT2D eigenvalue weighted by atomic mass is 9.59. The van der Waals surface area contributed by atoms with Crippen molar-refractivity contribution >= 4 is 0 Å². The van der Waals surface area contributed by atoms with Crippen LogP contribution in [0, 0.1) is 5.41 Å². The zero-order valence-electron chi connectivity index (χ0n) is 7.97. The van der Waals surface area contributed by atoms with Crippen LogP contribution in [0.15, 0.2) is 0 Å². The van der Waals surface area contributed by atoms with Crippen LogP contribution >= 0.6 is 0 Å². The summed E-state index contributed by atoms with van der Waals surface area (Å²) in [6, 6.07) is 0. The Morgan fingerprint density at radius 1 is 1.58 bits per heavy atom. The largest absolute Gasteiger partial charge is 0.387 e. The molecule has 1 saturated carbocycles. The zero-order chi connectivity index (χ0) is 9.24. The first-order valence-corrected chi connectivity index (χ1v) is 4.49. The molecule has 1 fully saturated rings. The molecule has 0 aromatic rings. The molecule has 0 bridgehead atoms. The molecular weight excluding hydrogens is 154 g/mol. The summed E-state index contributed by atoms with van der Waals surface area (Å²) in [4.78, 5) is 0. The van der Waals surface area contributed by atoms with Crippen molar-refractivity contribution in [2.45, 2.75) is 31.8 Å².